The molecule has 1 N–H and O–H groups in total. The highest BCUT2D eigenvalue weighted by Gasteiger charge is 2.07. The molecule has 2 aromatic rings. The summed E-state index contributed by atoms with van der Waals surface area (Å²) in [5.74, 6) is 0.999. The van der Waals surface area contributed by atoms with Gasteiger partial charge in [-0.1, -0.05) is 29.3 Å². The van der Waals surface area contributed by atoms with Crippen LogP contribution < -0.4 is 4.74 Å². The molecule has 0 bridgehead atoms. The zero-order valence-electron chi connectivity index (χ0n) is 9.60. The van der Waals surface area contributed by atoms with Crippen molar-refractivity contribution in [2.75, 3.05) is 0 Å². The normalized spacial score (nSPS) is 12.2. The zero-order chi connectivity index (χ0) is 13.1. The number of aliphatic hydroxyl groups is 1. The second-order valence-corrected chi connectivity index (χ2v) is 4.53. The van der Waals surface area contributed by atoms with Gasteiger partial charge >= 0.3 is 0 Å². The van der Waals surface area contributed by atoms with E-state index in [2.05, 4.69) is 4.98 Å². The van der Waals surface area contributed by atoms with Crippen molar-refractivity contribution in [2.45, 2.75) is 13.0 Å². The molecule has 0 radical (unpaired) electrons. The first-order valence-electron chi connectivity index (χ1n) is 5.34. The molecule has 3 nitrogen and oxygen atoms in total. The SMILES string of the molecule is CC(O)c1ccc(Oc2cccc(Cl)c2Cl)cn1. The molecular formula is C13H11Cl2NO2. The minimum atomic E-state index is -0.603. The predicted octanol–water partition coefficient (Wildman–Crippen LogP) is 4.23. The molecule has 0 saturated carbocycles. The molecule has 1 aromatic carbocycles. The molecular weight excluding hydrogens is 273 g/mol. The quantitative estimate of drug-likeness (QED) is 0.916. The van der Waals surface area contributed by atoms with Crippen molar-refractivity contribution in [3.8, 4) is 11.5 Å². The molecule has 2 rings (SSSR count). The van der Waals surface area contributed by atoms with Gasteiger partial charge in [0.2, 0.25) is 0 Å². The Labute approximate surface area is 115 Å². The zero-order valence-corrected chi connectivity index (χ0v) is 11.1. The number of nitrogens with zero attached hydrogens (tertiary/aromatic N) is 1. The average Bonchev–Trinajstić information content (AvgIpc) is 2.36. The van der Waals surface area contributed by atoms with Crippen molar-refractivity contribution >= 4 is 23.2 Å². The maximum atomic E-state index is 9.34. The summed E-state index contributed by atoms with van der Waals surface area (Å²) < 4.78 is 5.56. The number of pyridine rings is 1. The molecule has 94 valence electrons. The van der Waals surface area contributed by atoms with Gasteiger partial charge in [-0.15, -0.1) is 0 Å². The highest BCUT2D eigenvalue weighted by Crippen LogP contribution is 2.34. The summed E-state index contributed by atoms with van der Waals surface area (Å²) in [5.41, 5.74) is 0.583. The van der Waals surface area contributed by atoms with E-state index in [0.717, 1.165) is 0 Å². The first kappa shape index (κ1) is 13.1. The highest BCUT2D eigenvalue weighted by atomic mass is 35.5. The number of hydrogen-bond acceptors (Lipinski definition) is 3. The van der Waals surface area contributed by atoms with Crippen molar-refractivity contribution in [3.63, 3.8) is 0 Å². The number of ether oxygens (including phenoxy) is 1. The van der Waals surface area contributed by atoms with Gasteiger partial charge in [-0.25, -0.2) is 0 Å². The number of hydrogen-bond donors (Lipinski definition) is 1. The van der Waals surface area contributed by atoms with E-state index < -0.39 is 6.10 Å². The lowest BCUT2D eigenvalue weighted by molar-refractivity contribution is 0.194. The summed E-state index contributed by atoms with van der Waals surface area (Å²) in [6, 6.07) is 8.56. The Balaban J connectivity index is 2.21. The van der Waals surface area contributed by atoms with Crippen molar-refractivity contribution < 1.29 is 9.84 Å². The Morgan fingerprint density at radius 1 is 1.22 bits per heavy atom. The Hall–Kier alpha value is -1.29. The van der Waals surface area contributed by atoms with Crippen LogP contribution in [0.5, 0.6) is 11.5 Å². The maximum Gasteiger partial charge on any atom is 0.147 e. The standard InChI is InChI=1S/C13H11Cl2NO2/c1-8(17)11-6-5-9(7-16-11)18-12-4-2-3-10(14)13(12)15/h2-8,17H,1H3. The lowest BCUT2D eigenvalue weighted by Crippen LogP contribution is -1.95. The van der Waals surface area contributed by atoms with Crippen molar-refractivity contribution in [1.29, 1.82) is 0 Å². The summed E-state index contributed by atoms with van der Waals surface area (Å²) >= 11 is 11.9. The maximum absolute atomic E-state index is 9.34. The van der Waals surface area contributed by atoms with E-state index in [1.807, 2.05) is 0 Å². The van der Waals surface area contributed by atoms with E-state index in [1.54, 1.807) is 37.3 Å². The number of halogens is 2. The molecule has 5 heteroatoms. The van der Waals surface area contributed by atoms with Crippen LogP contribution in [-0.4, -0.2) is 10.1 Å². The van der Waals surface area contributed by atoms with Crippen LogP contribution in [0.25, 0.3) is 0 Å². The second-order valence-electron chi connectivity index (χ2n) is 3.75. The largest absolute Gasteiger partial charge is 0.454 e. The van der Waals surface area contributed by atoms with Crippen LogP contribution in [0.2, 0.25) is 10.0 Å². The van der Waals surface area contributed by atoms with Crippen LogP contribution in [0.3, 0.4) is 0 Å². The predicted molar refractivity (Wildman–Crippen MR) is 71.4 cm³/mol. The minimum absolute atomic E-state index is 0.360. The number of rotatable bonds is 3. The Bertz CT molecular complexity index is 541. The first-order chi connectivity index (χ1) is 8.58. The van der Waals surface area contributed by atoms with Crippen molar-refractivity contribution in [3.05, 3.63) is 52.3 Å². The van der Waals surface area contributed by atoms with Crippen LogP contribution in [0.15, 0.2) is 36.5 Å². The van der Waals surface area contributed by atoms with Crippen molar-refractivity contribution in [1.82, 2.24) is 4.98 Å². The fourth-order valence-electron chi connectivity index (χ4n) is 1.39. The summed E-state index contributed by atoms with van der Waals surface area (Å²) in [5, 5.41) is 10.1. The molecule has 0 aliphatic carbocycles. The first-order valence-corrected chi connectivity index (χ1v) is 6.09. The summed E-state index contributed by atoms with van der Waals surface area (Å²) in [6.07, 6.45) is 0.924. The van der Waals surface area contributed by atoms with E-state index in [4.69, 9.17) is 27.9 Å². The Kier molecular flexibility index (Phi) is 4.07. The molecule has 1 aromatic heterocycles. The molecule has 0 spiro atoms. The fourth-order valence-corrected chi connectivity index (χ4v) is 1.72. The smallest absolute Gasteiger partial charge is 0.147 e. The molecule has 1 unspecified atom stereocenters. The van der Waals surface area contributed by atoms with Crippen molar-refractivity contribution in [2.24, 2.45) is 0 Å². The summed E-state index contributed by atoms with van der Waals surface area (Å²) in [7, 11) is 0. The monoisotopic (exact) mass is 283 g/mol. The third kappa shape index (κ3) is 2.93. The third-order valence-electron chi connectivity index (χ3n) is 2.33. The average molecular weight is 284 g/mol. The lowest BCUT2D eigenvalue weighted by atomic mass is 10.2. The summed E-state index contributed by atoms with van der Waals surface area (Å²) in [4.78, 5) is 4.08. The Morgan fingerprint density at radius 2 is 2.00 bits per heavy atom. The third-order valence-corrected chi connectivity index (χ3v) is 3.13. The van der Waals surface area contributed by atoms with Gasteiger partial charge in [0, 0.05) is 0 Å². The number of benzene rings is 1. The van der Waals surface area contributed by atoms with Crippen LogP contribution in [0.1, 0.15) is 18.7 Å². The van der Waals surface area contributed by atoms with Gasteiger partial charge in [0.05, 0.1) is 23.0 Å². The molecule has 18 heavy (non-hydrogen) atoms. The van der Waals surface area contributed by atoms with Gasteiger partial charge in [0.1, 0.15) is 16.5 Å². The molecule has 0 aliphatic rings. The highest BCUT2D eigenvalue weighted by molar-refractivity contribution is 6.42. The number of aromatic nitrogens is 1. The van der Waals surface area contributed by atoms with Gasteiger partial charge in [-0.2, -0.15) is 0 Å². The van der Waals surface area contributed by atoms with Gasteiger partial charge in [0.25, 0.3) is 0 Å². The van der Waals surface area contributed by atoms with Crippen LogP contribution in [0.4, 0.5) is 0 Å². The molecule has 1 atom stereocenters. The molecule has 0 fully saturated rings. The van der Waals surface area contributed by atoms with Crippen LogP contribution >= 0.6 is 23.2 Å². The summed E-state index contributed by atoms with van der Waals surface area (Å²) in [6.45, 7) is 1.65. The van der Waals surface area contributed by atoms with Gasteiger partial charge in [0.15, 0.2) is 0 Å². The van der Waals surface area contributed by atoms with E-state index in [9.17, 15) is 5.11 Å². The van der Waals surface area contributed by atoms with E-state index in [-0.39, 0.29) is 0 Å². The molecule has 1 heterocycles. The van der Waals surface area contributed by atoms with Crippen LogP contribution in [0, 0.1) is 0 Å². The van der Waals surface area contributed by atoms with E-state index in [1.165, 1.54) is 6.20 Å². The molecule has 0 saturated heterocycles. The topological polar surface area (TPSA) is 42.4 Å². The lowest BCUT2D eigenvalue weighted by Gasteiger charge is -2.09. The molecule has 0 aliphatic heterocycles. The second kappa shape index (κ2) is 5.57. The van der Waals surface area contributed by atoms with Gasteiger partial charge in [-0.05, 0) is 31.2 Å². The molecule has 0 amide bonds. The van der Waals surface area contributed by atoms with E-state index in [0.29, 0.717) is 27.2 Å². The van der Waals surface area contributed by atoms with Crippen LogP contribution in [-0.2, 0) is 0 Å². The van der Waals surface area contributed by atoms with E-state index >= 15 is 0 Å². The van der Waals surface area contributed by atoms with Gasteiger partial charge in [-0.3, -0.25) is 4.98 Å². The fraction of sp³-hybridized carbons (Fsp3) is 0.154. The number of aliphatic hydroxyl groups excluding tert-OH is 1. The Morgan fingerprint density at radius 3 is 2.61 bits per heavy atom. The minimum Gasteiger partial charge on any atom is -0.454 e. The van der Waals surface area contributed by atoms with Gasteiger partial charge < -0.3 is 9.84 Å².